The summed E-state index contributed by atoms with van der Waals surface area (Å²) in [5, 5.41) is 0. The molecule has 5 nitrogen and oxygen atoms in total. The van der Waals surface area contributed by atoms with Crippen molar-refractivity contribution in [1.29, 1.82) is 0 Å². The molecule has 0 saturated heterocycles. The summed E-state index contributed by atoms with van der Waals surface area (Å²) in [5.41, 5.74) is 3.91. The van der Waals surface area contributed by atoms with E-state index in [0.717, 1.165) is 22.2 Å². The van der Waals surface area contributed by atoms with Crippen LogP contribution in [0.15, 0.2) is 27.4 Å². The van der Waals surface area contributed by atoms with E-state index in [4.69, 9.17) is 8.83 Å². The van der Waals surface area contributed by atoms with Gasteiger partial charge in [-0.05, 0) is 6.07 Å². The van der Waals surface area contributed by atoms with E-state index in [1.165, 1.54) is 0 Å². The van der Waals surface area contributed by atoms with E-state index >= 15 is 0 Å². The Kier molecular flexibility index (Phi) is 1.03. The highest BCUT2D eigenvalue weighted by Gasteiger charge is 2.22. The molecule has 15 heavy (non-hydrogen) atoms. The van der Waals surface area contributed by atoms with Crippen LogP contribution in [0.2, 0.25) is 0 Å². The van der Waals surface area contributed by atoms with E-state index in [1.807, 2.05) is 0 Å². The lowest BCUT2D eigenvalue weighted by molar-refractivity contribution is 0.612. The fourth-order valence-electron chi connectivity index (χ4n) is 1.78. The molecule has 0 aromatic carbocycles. The molecule has 0 aliphatic carbocycles. The maximum absolute atomic E-state index is 5.63. The minimum atomic E-state index is 0.676. The molecule has 0 saturated carbocycles. The second-order valence-corrected chi connectivity index (χ2v) is 3.28. The van der Waals surface area contributed by atoms with Crippen LogP contribution in [-0.2, 0) is 0 Å². The number of nitrogens with one attached hydrogen (secondary N) is 1. The van der Waals surface area contributed by atoms with Crippen LogP contribution in [0.25, 0.3) is 33.7 Å². The number of hydrogen-bond acceptors (Lipinski definition) is 4. The lowest BCUT2D eigenvalue weighted by Crippen LogP contribution is -1.84. The van der Waals surface area contributed by atoms with E-state index < -0.39 is 0 Å². The van der Waals surface area contributed by atoms with Gasteiger partial charge in [0, 0.05) is 6.20 Å². The van der Waals surface area contributed by atoms with Crippen molar-refractivity contribution in [2.24, 2.45) is 0 Å². The zero-order valence-electron chi connectivity index (χ0n) is 7.44. The van der Waals surface area contributed by atoms with Gasteiger partial charge in [-0.3, -0.25) is 0 Å². The molecule has 0 aliphatic heterocycles. The Labute approximate surface area is 83.1 Å². The average molecular weight is 198 g/mol. The average Bonchev–Trinajstić information content (AvgIpc) is 2.95. The summed E-state index contributed by atoms with van der Waals surface area (Å²) < 4.78 is 10.9. The van der Waals surface area contributed by atoms with Crippen molar-refractivity contribution in [2.75, 3.05) is 0 Å². The molecule has 0 amide bonds. The third-order valence-corrected chi connectivity index (χ3v) is 2.43. The molecule has 0 atom stereocenters. The van der Waals surface area contributed by atoms with Crippen LogP contribution < -0.4 is 0 Å². The monoisotopic (exact) mass is 198 g/mol. The topological polar surface area (TPSA) is 67.8 Å². The molecule has 0 spiro atoms. The number of rotatable bonds is 1. The highest BCUT2D eigenvalue weighted by Crippen LogP contribution is 2.38. The number of nitrogens with zero attached hydrogens (tertiary/aromatic N) is 2. The Hall–Kier alpha value is -2.30. The van der Waals surface area contributed by atoms with Crippen molar-refractivity contribution in [2.45, 2.75) is 0 Å². The Morgan fingerprint density at radius 2 is 2.33 bits per heavy atom. The number of H-pyrrole nitrogens is 1. The van der Waals surface area contributed by atoms with E-state index in [2.05, 4.69) is 21.3 Å². The van der Waals surface area contributed by atoms with Crippen LogP contribution in [-0.4, -0.2) is 15.0 Å². The molecular weight excluding hydrogens is 194 g/mol. The van der Waals surface area contributed by atoms with Gasteiger partial charge in [0.15, 0.2) is 23.3 Å². The lowest BCUT2D eigenvalue weighted by atomic mass is 10.3. The quantitative estimate of drug-likeness (QED) is 0.509. The molecule has 0 fully saturated rings. The standard InChI is InChI=1S/C10H4N3O2/c1-2-11-4-12-5(1)8-7-10-9(15-8)6(13-7)3-14-10/h1-3,13H. The molecule has 4 rings (SSSR count). The summed E-state index contributed by atoms with van der Waals surface area (Å²) in [6.45, 7) is 0. The lowest BCUT2D eigenvalue weighted by Gasteiger charge is -1.96. The van der Waals surface area contributed by atoms with Crippen LogP contribution in [0, 0.1) is 6.33 Å². The first-order chi connectivity index (χ1) is 7.43. The first-order valence-corrected chi connectivity index (χ1v) is 4.44. The maximum atomic E-state index is 5.63. The first kappa shape index (κ1) is 7.05. The van der Waals surface area contributed by atoms with E-state index in [9.17, 15) is 0 Å². The van der Waals surface area contributed by atoms with Crippen molar-refractivity contribution in [1.82, 2.24) is 15.0 Å². The molecule has 4 heterocycles. The van der Waals surface area contributed by atoms with Gasteiger partial charge in [0.2, 0.25) is 0 Å². The van der Waals surface area contributed by atoms with Crippen LogP contribution >= 0.6 is 0 Å². The third-order valence-electron chi connectivity index (χ3n) is 2.43. The SMILES string of the molecule is [c]1nccc(-c2oc3c4coc3c2[nH]4)n1. The van der Waals surface area contributed by atoms with Crippen molar-refractivity contribution in [3.8, 4) is 11.5 Å². The minimum Gasteiger partial charge on any atom is -0.456 e. The van der Waals surface area contributed by atoms with Gasteiger partial charge in [-0.15, -0.1) is 0 Å². The number of aromatic nitrogens is 3. The summed E-state index contributed by atoms with van der Waals surface area (Å²) in [5.74, 6) is 0.676. The van der Waals surface area contributed by atoms with Gasteiger partial charge < -0.3 is 13.8 Å². The molecule has 1 N–H and O–H groups in total. The van der Waals surface area contributed by atoms with Crippen molar-refractivity contribution >= 4 is 22.2 Å². The Balaban J connectivity index is 2.10. The maximum Gasteiger partial charge on any atom is 0.199 e. The predicted octanol–water partition coefficient (Wildman–Crippen LogP) is 2.20. The molecule has 4 aromatic rings. The smallest absolute Gasteiger partial charge is 0.199 e. The Morgan fingerprint density at radius 3 is 3.07 bits per heavy atom. The summed E-state index contributed by atoms with van der Waals surface area (Å²) in [4.78, 5) is 10.9. The molecule has 0 unspecified atom stereocenters. The van der Waals surface area contributed by atoms with Crippen LogP contribution in [0.5, 0.6) is 0 Å². The highest BCUT2D eigenvalue weighted by atomic mass is 16.4. The van der Waals surface area contributed by atoms with Gasteiger partial charge in [0.25, 0.3) is 0 Å². The van der Waals surface area contributed by atoms with Crippen molar-refractivity contribution < 1.29 is 8.83 Å². The molecule has 5 heteroatoms. The molecule has 4 aromatic heterocycles. The zero-order chi connectivity index (χ0) is 9.83. The normalized spacial score (nSPS) is 12.0. The molecule has 4 bridgehead atoms. The second-order valence-electron chi connectivity index (χ2n) is 3.28. The van der Waals surface area contributed by atoms with Crippen molar-refractivity contribution in [3.63, 3.8) is 0 Å². The third kappa shape index (κ3) is 0.735. The zero-order valence-corrected chi connectivity index (χ0v) is 7.44. The van der Waals surface area contributed by atoms with Crippen LogP contribution in [0.4, 0.5) is 0 Å². The van der Waals surface area contributed by atoms with E-state index in [0.29, 0.717) is 11.5 Å². The van der Waals surface area contributed by atoms with Crippen molar-refractivity contribution in [3.05, 3.63) is 24.9 Å². The van der Waals surface area contributed by atoms with E-state index in [1.54, 1.807) is 18.5 Å². The van der Waals surface area contributed by atoms with Crippen LogP contribution in [0.3, 0.4) is 0 Å². The number of furan rings is 2. The molecular formula is C10H4N3O2. The van der Waals surface area contributed by atoms with Gasteiger partial charge in [0.1, 0.15) is 23.0 Å². The largest absolute Gasteiger partial charge is 0.456 e. The number of aromatic amines is 1. The summed E-state index contributed by atoms with van der Waals surface area (Å²) in [6.07, 6.45) is 5.79. The first-order valence-electron chi connectivity index (χ1n) is 4.44. The summed E-state index contributed by atoms with van der Waals surface area (Å²) in [6, 6.07) is 1.77. The fourth-order valence-corrected chi connectivity index (χ4v) is 1.78. The van der Waals surface area contributed by atoms with Gasteiger partial charge in [-0.1, -0.05) is 0 Å². The fraction of sp³-hybridized carbons (Fsp3) is 0. The van der Waals surface area contributed by atoms with Gasteiger partial charge in [-0.25, -0.2) is 9.97 Å². The van der Waals surface area contributed by atoms with Gasteiger partial charge in [0.05, 0.1) is 0 Å². The summed E-state index contributed by atoms with van der Waals surface area (Å²) >= 11 is 0. The number of hydrogen-bond donors (Lipinski definition) is 1. The molecule has 71 valence electrons. The van der Waals surface area contributed by atoms with Gasteiger partial charge in [-0.2, -0.15) is 0 Å². The highest BCUT2D eigenvalue weighted by molar-refractivity contribution is 6.07. The minimum absolute atomic E-state index is 0.676. The Bertz CT molecular complexity index is 719. The van der Waals surface area contributed by atoms with Gasteiger partial charge >= 0.3 is 0 Å². The molecule has 0 aliphatic rings. The van der Waals surface area contributed by atoms with E-state index in [-0.39, 0.29) is 0 Å². The second kappa shape index (κ2) is 2.20. The predicted molar refractivity (Wildman–Crippen MR) is 51.4 cm³/mol. The summed E-state index contributed by atoms with van der Waals surface area (Å²) in [7, 11) is 0. The molecule has 1 radical (unpaired) electrons. The van der Waals surface area contributed by atoms with Crippen LogP contribution in [0.1, 0.15) is 0 Å². The Morgan fingerprint density at radius 1 is 1.33 bits per heavy atom.